The summed E-state index contributed by atoms with van der Waals surface area (Å²) in [4.78, 5) is 19.1. The molecule has 1 atom stereocenters. The van der Waals surface area contributed by atoms with Gasteiger partial charge in [-0.1, -0.05) is 65.2 Å². The molecule has 2 saturated heterocycles. The van der Waals surface area contributed by atoms with Gasteiger partial charge in [0.05, 0.1) is 6.61 Å². The van der Waals surface area contributed by atoms with E-state index in [1.54, 1.807) is 0 Å². The summed E-state index contributed by atoms with van der Waals surface area (Å²) in [5.74, 6) is 0.0692. The molecule has 176 valence electrons. The minimum Gasteiger partial charge on any atom is -0.342 e. The number of carbonyl (C=O) groups excluding carboxylic acids is 1. The Balaban J connectivity index is 1.80. The summed E-state index contributed by atoms with van der Waals surface area (Å²) >= 11 is 0. The molecule has 5 heteroatoms. The van der Waals surface area contributed by atoms with E-state index in [1.165, 1.54) is 51.4 Å². The quantitative estimate of drug-likeness (QED) is 0.362. The fourth-order valence-electron chi connectivity index (χ4n) is 5.60. The lowest BCUT2D eigenvalue weighted by Gasteiger charge is -2.55. The summed E-state index contributed by atoms with van der Waals surface area (Å²) in [6.07, 6.45) is 14.9. The summed E-state index contributed by atoms with van der Waals surface area (Å²) in [6.45, 7) is 13.7. The largest absolute Gasteiger partial charge is 0.342 e. The van der Waals surface area contributed by atoms with Gasteiger partial charge in [0.25, 0.3) is 5.91 Å². The van der Waals surface area contributed by atoms with Gasteiger partial charge in [-0.05, 0) is 47.0 Å². The van der Waals surface area contributed by atoms with E-state index in [9.17, 15) is 4.79 Å². The molecule has 2 aliphatic rings. The maximum absolute atomic E-state index is 13.0. The molecule has 2 heterocycles. The van der Waals surface area contributed by atoms with E-state index in [1.807, 2.05) is 0 Å². The van der Waals surface area contributed by atoms with E-state index in [0.29, 0.717) is 19.4 Å². The van der Waals surface area contributed by atoms with Gasteiger partial charge in [0, 0.05) is 23.9 Å². The lowest BCUT2D eigenvalue weighted by atomic mass is 9.72. The zero-order valence-electron chi connectivity index (χ0n) is 20.6. The van der Waals surface area contributed by atoms with Gasteiger partial charge in [0.1, 0.15) is 6.23 Å². The Bertz CT molecular complexity index is 514. The van der Waals surface area contributed by atoms with Gasteiger partial charge in [0.15, 0.2) is 5.60 Å². The highest BCUT2D eigenvalue weighted by molar-refractivity contribution is 5.87. The van der Waals surface area contributed by atoms with Crippen LogP contribution in [0.15, 0.2) is 0 Å². The van der Waals surface area contributed by atoms with Crippen LogP contribution in [0.3, 0.4) is 0 Å². The fraction of sp³-hybridized carbons (Fsp3) is 0.960. The van der Waals surface area contributed by atoms with E-state index in [4.69, 9.17) is 9.57 Å². The normalized spacial score (nSPS) is 25.0. The predicted molar refractivity (Wildman–Crippen MR) is 123 cm³/mol. The molecule has 1 unspecified atom stereocenters. The first-order valence-corrected chi connectivity index (χ1v) is 12.6. The maximum Gasteiger partial charge on any atom is 0.254 e. The molecule has 1 N–H and O–H groups in total. The van der Waals surface area contributed by atoms with Crippen LogP contribution >= 0.6 is 0 Å². The molecule has 30 heavy (non-hydrogen) atoms. The van der Waals surface area contributed by atoms with Crippen molar-refractivity contribution in [2.24, 2.45) is 0 Å². The molecule has 2 rings (SSSR count). The Morgan fingerprint density at radius 3 is 1.97 bits per heavy atom. The zero-order valence-corrected chi connectivity index (χ0v) is 20.6. The number of hydroxylamine groups is 2. The Kier molecular flexibility index (Phi) is 9.63. The third kappa shape index (κ3) is 6.67. The van der Waals surface area contributed by atoms with Gasteiger partial charge in [-0.25, -0.2) is 0 Å². The number of piperidine rings is 1. The monoisotopic (exact) mass is 424 g/mol. The number of rotatable bonds is 13. The molecule has 0 saturated carbocycles. The average Bonchev–Trinajstić information content (AvgIpc) is 2.92. The van der Waals surface area contributed by atoms with Crippen molar-refractivity contribution in [3.63, 3.8) is 0 Å². The summed E-state index contributed by atoms with van der Waals surface area (Å²) in [5.41, 5.74) is -1.26. The third-order valence-corrected chi connectivity index (χ3v) is 6.60. The summed E-state index contributed by atoms with van der Waals surface area (Å²) in [6, 6.07) is 0. The number of amides is 1. The van der Waals surface area contributed by atoms with Gasteiger partial charge in [-0.2, -0.15) is 5.06 Å². The number of hydrogen-bond donors (Lipinski definition) is 1. The van der Waals surface area contributed by atoms with Gasteiger partial charge < -0.3 is 10.1 Å². The number of carbonyl (C=O) groups is 1. The van der Waals surface area contributed by atoms with Gasteiger partial charge in [-0.3, -0.25) is 9.63 Å². The van der Waals surface area contributed by atoms with Gasteiger partial charge in [0.2, 0.25) is 0 Å². The Morgan fingerprint density at radius 2 is 1.43 bits per heavy atom. The molecule has 0 radical (unpaired) electrons. The zero-order chi connectivity index (χ0) is 22.3. The standard InChI is InChI=1S/C25H48N2O3/c1-7-9-10-11-12-13-14-15-16-17-21-26-22(28)25(30-21)19-23(3,4)27(29-18-8-2)24(5,6)20-25/h21H,7-20H2,1-6H3,(H,26,28). The molecule has 2 fully saturated rings. The summed E-state index contributed by atoms with van der Waals surface area (Å²) < 4.78 is 6.46. The van der Waals surface area contributed by atoms with Crippen molar-refractivity contribution >= 4 is 5.91 Å². The van der Waals surface area contributed by atoms with Crippen molar-refractivity contribution < 1.29 is 14.4 Å². The lowest BCUT2D eigenvalue weighted by molar-refractivity contribution is -0.304. The van der Waals surface area contributed by atoms with E-state index >= 15 is 0 Å². The van der Waals surface area contributed by atoms with E-state index in [-0.39, 0.29) is 23.2 Å². The Morgan fingerprint density at radius 1 is 0.900 bits per heavy atom. The van der Waals surface area contributed by atoms with Crippen LogP contribution in [-0.2, 0) is 14.4 Å². The molecular weight excluding hydrogens is 376 g/mol. The lowest BCUT2D eigenvalue weighted by Crippen LogP contribution is -2.67. The molecular formula is C25H48N2O3. The van der Waals surface area contributed by atoms with Gasteiger partial charge in [-0.15, -0.1) is 0 Å². The van der Waals surface area contributed by atoms with E-state index in [2.05, 4.69) is 51.9 Å². The fourth-order valence-corrected chi connectivity index (χ4v) is 5.60. The van der Waals surface area contributed by atoms with Crippen LogP contribution in [0.4, 0.5) is 0 Å². The number of ether oxygens (including phenoxy) is 1. The number of unbranched alkanes of at least 4 members (excludes halogenated alkanes) is 8. The smallest absolute Gasteiger partial charge is 0.254 e. The van der Waals surface area contributed by atoms with Crippen LogP contribution in [0.5, 0.6) is 0 Å². The minimum absolute atomic E-state index is 0.0692. The van der Waals surface area contributed by atoms with Crippen LogP contribution in [0.25, 0.3) is 0 Å². The van der Waals surface area contributed by atoms with Crippen LogP contribution in [0, 0.1) is 0 Å². The minimum atomic E-state index is -0.733. The van der Waals surface area contributed by atoms with E-state index < -0.39 is 5.60 Å². The molecule has 0 aromatic carbocycles. The second-order valence-electron chi connectivity index (χ2n) is 10.8. The molecule has 1 amide bonds. The molecule has 1 spiro atoms. The second kappa shape index (κ2) is 11.3. The molecule has 0 aromatic rings. The van der Waals surface area contributed by atoms with Crippen molar-refractivity contribution in [1.29, 1.82) is 0 Å². The van der Waals surface area contributed by atoms with Crippen molar-refractivity contribution in [2.75, 3.05) is 6.61 Å². The number of nitrogens with zero attached hydrogens (tertiary/aromatic N) is 1. The Hall–Kier alpha value is -0.650. The topological polar surface area (TPSA) is 50.8 Å². The third-order valence-electron chi connectivity index (χ3n) is 6.60. The molecule has 2 aliphatic heterocycles. The van der Waals surface area contributed by atoms with Crippen LogP contribution in [-0.4, -0.2) is 40.5 Å². The van der Waals surface area contributed by atoms with Crippen molar-refractivity contribution in [3.05, 3.63) is 0 Å². The Labute approximate surface area is 185 Å². The van der Waals surface area contributed by atoms with Crippen LogP contribution in [0.1, 0.15) is 125 Å². The number of nitrogens with one attached hydrogen (secondary N) is 1. The molecule has 5 nitrogen and oxygen atoms in total. The first-order valence-electron chi connectivity index (χ1n) is 12.6. The highest BCUT2D eigenvalue weighted by Crippen LogP contribution is 2.47. The predicted octanol–water partition coefficient (Wildman–Crippen LogP) is 6.11. The van der Waals surface area contributed by atoms with E-state index in [0.717, 1.165) is 19.3 Å². The summed E-state index contributed by atoms with van der Waals surface area (Å²) in [5, 5.41) is 5.26. The molecule has 0 aromatic heterocycles. The molecule has 0 bridgehead atoms. The van der Waals surface area contributed by atoms with Crippen LogP contribution in [0.2, 0.25) is 0 Å². The SMILES string of the molecule is CCCCCCCCCCCC1NC(=O)C2(CC(C)(C)N(OCCC)C(C)(C)C2)O1. The second-order valence-corrected chi connectivity index (χ2v) is 10.8. The summed E-state index contributed by atoms with van der Waals surface area (Å²) in [7, 11) is 0. The average molecular weight is 425 g/mol. The highest BCUT2D eigenvalue weighted by Gasteiger charge is 2.60. The first-order chi connectivity index (χ1) is 14.2. The van der Waals surface area contributed by atoms with Crippen molar-refractivity contribution in [1.82, 2.24) is 10.4 Å². The molecule has 0 aliphatic carbocycles. The van der Waals surface area contributed by atoms with Crippen molar-refractivity contribution in [3.8, 4) is 0 Å². The number of hydrogen-bond acceptors (Lipinski definition) is 4. The maximum atomic E-state index is 13.0. The van der Waals surface area contributed by atoms with Gasteiger partial charge >= 0.3 is 0 Å². The first kappa shape index (κ1) is 25.6. The van der Waals surface area contributed by atoms with Crippen LogP contribution < -0.4 is 5.32 Å². The highest BCUT2D eigenvalue weighted by atomic mass is 16.7. The van der Waals surface area contributed by atoms with Crippen molar-refractivity contribution in [2.45, 2.75) is 148 Å².